The number of hydrogen-bond acceptors (Lipinski definition) is 4. The molecule has 0 spiro atoms. The van der Waals surface area contributed by atoms with Crippen LogP contribution in [-0.4, -0.2) is 47.9 Å². The fourth-order valence-electron chi connectivity index (χ4n) is 3.22. The van der Waals surface area contributed by atoms with Gasteiger partial charge in [-0.1, -0.05) is 35.5 Å². The third-order valence-electron chi connectivity index (χ3n) is 4.67. The minimum absolute atomic E-state index is 0. The molecule has 1 aliphatic rings. The summed E-state index contributed by atoms with van der Waals surface area (Å²) in [4.78, 5) is 18.8. The first-order valence-corrected chi connectivity index (χ1v) is 9.10. The summed E-state index contributed by atoms with van der Waals surface area (Å²) in [6.45, 7) is 2.41. The van der Waals surface area contributed by atoms with Gasteiger partial charge in [0.2, 0.25) is 0 Å². The Kier molecular flexibility index (Phi) is 8.42. The standard InChI is InChI=1S/C21H23FN2O3.ClH/c22-19-10-8-17(9-11-19)20(16-5-2-1-3-6-16)23-27-14-13-24-12-4-7-18(15-24)21(25)26;/h1-3,5-6,8-11,18H,4,7,12-15H2,(H,25,26);1H/b23-20+;. The van der Waals surface area contributed by atoms with E-state index in [0.29, 0.717) is 25.4 Å². The van der Waals surface area contributed by atoms with E-state index in [2.05, 4.69) is 10.1 Å². The molecule has 3 rings (SSSR count). The molecule has 150 valence electrons. The van der Waals surface area contributed by atoms with Crippen LogP contribution in [0.5, 0.6) is 0 Å². The van der Waals surface area contributed by atoms with Crippen molar-refractivity contribution in [2.24, 2.45) is 11.1 Å². The smallest absolute Gasteiger partial charge is 0.307 e. The number of carbonyl (C=O) groups is 1. The predicted molar refractivity (Wildman–Crippen MR) is 108 cm³/mol. The van der Waals surface area contributed by atoms with Crippen molar-refractivity contribution in [3.05, 3.63) is 71.5 Å². The van der Waals surface area contributed by atoms with Gasteiger partial charge in [0.1, 0.15) is 18.1 Å². The molecule has 1 fully saturated rings. The van der Waals surface area contributed by atoms with Crippen LogP contribution in [0.2, 0.25) is 0 Å². The van der Waals surface area contributed by atoms with E-state index in [1.165, 1.54) is 12.1 Å². The van der Waals surface area contributed by atoms with Gasteiger partial charge in [0, 0.05) is 24.2 Å². The van der Waals surface area contributed by atoms with Crippen LogP contribution in [0.1, 0.15) is 24.0 Å². The van der Waals surface area contributed by atoms with Gasteiger partial charge in [-0.25, -0.2) is 4.39 Å². The van der Waals surface area contributed by atoms with Gasteiger partial charge in [-0.2, -0.15) is 0 Å². The Balaban J connectivity index is 0.00000280. The predicted octanol–water partition coefficient (Wildman–Crippen LogP) is 3.81. The van der Waals surface area contributed by atoms with Crippen LogP contribution >= 0.6 is 12.4 Å². The number of carboxylic acids is 1. The molecule has 2 aromatic rings. The molecule has 0 aromatic heterocycles. The zero-order chi connectivity index (χ0) is 19.1. The SMILES string of the molecule is Cl.O=C(O)C1CCCN(CCO/N=C(\c2ccccc2)c2ccc(F)cc2)C1. The quantitative estimate of drug-likeness (QED) is 0.431. The lowest BCUT2D eigenvalue weighted by Gasteiger charge is -2.29. The van der Waals surface area contributed by atoms with E-state index in [0.717, 1.165) is 30.5 Å². The van der Waals surface area contributed by atoms with E-state index >= 15 is 0 Å². The highest BCUT2D eigenvalue weighted by atomic mass is 35.5. The second-order valence-corrected chi connectivity index (χ2v) is 6.62. The van der Waals surface area contributed by atoms with Crippen LogP contribution in [0, 0.1) is 11.7 Å². The number of likely N-dealkylation sites (tertiary alicyclic amines) is 1. The molecule has 1 aliphatic heterocycles. The summed E-state index contributed by atoms with van der Waals surface area (Å²) in [5, 5.41) is 13.4. The second-order valence-electron chi connectivity index (χ2n) is 6.62. The number of rotatable bonds is 7. The van der Waals surface area contributed by atoms with E-state index in [-0.39, 0.29) is 24.1 Å². The third-order valence-corrected chi connectivity index (χ3v) is 4.67. The fraction of sp³-hybridized carbons (Fsp3) is 0.333. The number of benzene rings is 2. The molecule has 5 nitrogen and oxygen atoms in total. The van der Waals surface area contributed by atoms with Crippen molar-refractivity contribution in [2.45, 2.75) is 12.8 Å². The third kappa shape index (κ3) is 6.04. The van der Waals surface area contributed by atoms with E-state index < -0.39 is 5.97 Å². The maximum Gasteiger partial charge on any atom is 0.307 e. The Hall–Kier alpha value is -2.44. The van der Waals surface area contributed by atoms with E-state index in [4.69, 9.17) is 9.94 Å². The maximum atomic E-state index is 13.2. The summed E-state index contributed by atoms with van der Waals surface area (Å²) >= 11 is 0. The number of piperidine rings is 1. The van der Waals surface area contributed by atoms with Crippen LogP contribution in [-0.2, 0) is 9.63 Å². The Morgan fingerprint density at radius 1 is 1.14 bits per heavy atom. The Bertz CT molecular complexity index is 784. The number of oxime groups is 1. The highest BCUT2D eigenvalue weighted by Crippen LogP contribution is 2.16. The van der Waals surface area contributed by atoms with Crippen LogP contribution < -0.4 is 0 Å². The van der Waals surface area contributed by atoms with Crippen LogP contribution in [0.15, 0.2) is 59.8 Å². The first kappa shape index (κ1) is 21.9. The van der Waals surface area contributed by atoms with E-state index in [1.54, 1.807) is 12.1 Å². The molecular formula is C21H24ClFN2O3. The molecule has 7 heteroatoms. The number of carboxylic acid groups (broad SMARTS) is 1. The van der Waals surface area contributed by atoms with Gasteiger partial charge in [-0.05, 0) is 43.7 Å². The largest absolute Gasteiger partial charge is 0.481 e. The molecule has 0 amide bonds. The van der Waals surface area contributed by atoms with Crippen molar-refractivity contribution in [1.82, 2.24) is 4.90 Å². The monoisotopic (exact) mass is 406 g/mol. The van der Waals surface area contributed by atoms with Crippen molar-refractivity contribution in [3.8, 4) is 0 Å². The van der Waals surface area contributed by atoms with Crippen molar-refractivity contribution in [1.29, 1.82) is 0 Å². The molecule has 0 bridgehead atoms. The van der Waals surface area contributed by atoms with Gasteiger partial charge in [0.15, 0.2) is 0 Å². The molecule has 28 heavy (non-hydrogen) atoms. The van der Waals surface area contributed by atoms with Gasteiger partial charge in [-0.3, -0.25) is 9.69 Å². The first-order chi connectivity index (χ1) is 13.1. The molecule has 1 atom stereocenters. The van der Waals surface area contributed by atoms with Crippen LogP contribution in [0.25, 0.3) is 0 Å². The van der Waals surface area contributed by atoms with Gasteiger partial charge < -0.3 is 9.94 Å². The summed E-state index contributed by atoms with van der Waals surface area (Å²) in [6.07, 6.45) is 1.61. The second kappa shape index (κ2) is 10.8. The minimum Gasteiger partial charge on any atom is -0.481 e. The number of halogens is 2. The molecular weight excluding hydrogens is 383 g/mol. The maximum absolute atomic E-state index is 13.2. The lowest BCUT2D eigenvalue weighted by molar-refractivity contribution is -0.143. The highest BCUT2D eigenvalue weighted by Gasteiger charge is 2.24. The van der Waals surface area contributed by atoms with Gasteiger partial charge in [0.25, 0.3) is 0 Å². The molecule has 1 unspecified atom stereocenters. The average Bonchev–Trinajstić information content (AvgIpc) is 2.70. The molecule has 0 saturated carbocycles. The van der Waals surface area contributed by atoms with Gasteiger partial charge >= 0.3 is 5.97 Å². The normalized spacial score (nSPS) is 17.6. The summed E-state index contributed by atoms with van der Waals surface area (Å²) < 4.78 is 13.2. The zero-order valence-corrected chi connectivity index (χ0v) is 16.3. The molecule has 1 heterocycles. The lowest BCUT2D eigenvalue weighted by atomic mass is 9.98. The van der Waals surface area contributed by atoms with Crippen LogP contribution in [0.4, 0.5) is 4.39 Å². The number of nitrogens with zero attached hydrogens (tertiary/aromatic N) is 2. The highest BCUT2D eigenvalue weighted by molar-refractivity contribution is 6.12. The number of hydrogen-bond donors (Lipinski definition) is 1. The molecule has 2 aromatic carbocycles. The number of aliphatic carboxylic acids is 1. The van der Waals surface area contributed by atoms with E-state index in [1.807, 2.05) is 30.3 Å². The van der Waals surface area contributed by atoms with E-state index in [9.17, 15) is 9.18 Å². The fourth-order valence-corrected chi connectivity index (χ4v) is 3.22. The molecule has 0 aliphatic carbocycles. The Morgan fingerprint density at radius 3 is 2.50 bits per heavy atom. The van der Waals surface area contributed by atoms with Crippen LogP contribution in [0.3, 0.4) is 0 Å². The first-order valence-electron chi connectivity index (χ1n) is 9.10. The van der Waals surface area contributed by atoms with Crippen molar-refractivity contribution in [3.63, 3.8) is 0 Å². The van der Waals surface area contributed by atoms with Crippen molar-refractivity contribution >= 4 is 24.1 Å². The van der Waals surface area contributed by atoms with Crippen molar-refractivity contribution < 1.29 is 19.1 Å². The Morgan fingerprint density at radius 2 is 1.82 bits per heavy atom. The summed E-state index contributed by atoms with van der Waals surface area (Å²) in [6, 6.07) is 15.7. The molecule has 0 radical (unpaired) electrons. The topological polar surface area (TPSA) is 62.1 Å². The van der Waals surface area contributed by atoms with Gasteiger partial charge in [-0.15, -0.1) is 12.4 Å². The molecule has 1 saturated heterocycles. The molecule has 1 N–H and O–H groups in total. The van der Waals surface area contributed by atoms with Gasteiger partial charge in [0.05, 0.1) is 5.92 Å². The lowest BCUT2D eigenvalue weighted by Crippen LogP contribution is -2.40. The average molecular weight is 407 g/mol. The summed E-state index contributed by atoms with van der Waals surface area (Å²) in [5.74, 6) is -1.34. The summed E-state index contributed by atoms with van der Waals surface area (Å²) in [7, 11) is 0. The zero-order valence-electron chi connectivity index (χ0n) is 15.5. The van der Waals surface area contributed by atoms with Crippen molar-refractivity contribution in [2.75, 3.05) is 26.2 Å². The summed E-state index contributed by atoms with van der Waals surface area (Å²) in [5.41, 5.74) is 2.29. The Labute approximate surface area is 170 Å². The minimum atomic E-state index is -0.735.